The molecule has 2 aromatic carbocycles. The van der Waals surface area contributed by atoms with Gasteiger partial charge in [0.1, 0.15) is 18.1 Å². The molecule has 7 nitrogen and oxygen atoms in total. The number of nitrogens with one attached hydrogen (secondary N) is 1. The molecule has 0 unspecified atom stereocenters. The van der Waals surface area contributed by atoms with Crippen LogP contribution in [0.4, 0.5) is 5.69 Å². The van der Waals surface area contributed by atoms with Crippen LogP contribution in [0.5, 0.6) is 11.5 Å². The summed E-state index contributed by atoms with van der Waals surface area (Å²) in [6, 6.07) is 11.1. The van der Waals surface area contributed by atoms with E-state index in [4.69, 9.17) is 21.1 Å². The van der Waals surface area contributed by atoms with E-state index in [9.17, 15) is 4.79 Å². The number of allylic oxidation sites excluding steroid dienone is 1. The van der Waals surface area contributed by atoms with E-state index in [2.05, 4.69) is 22.1 Å². The zero-order valence-corrected chi connectivity index (χ0v) is 19.8. The summed E-state index contributed by atoms with van der Waals surface area (Å²) in [7, 11) is 1.53. The number of amides is 1. The fraction of sp³-hybridized carbons (Fsp3) is 0.261. The predicted molar refractivity (Wildman–Crippen MR) is 128 cm³/mol. The second-order valence-corrected chi connectivity index (χ2v) is 8.42. The fourth-order valence-electron chi connectivity index (χ4n) is 2.94. The van der Waals surface area contributed by atoms with Crippen molar-refractivity contribution >= 4 is 35.0 Å². The SMILES string of the molecule is C=CCn1c(COc2cc(C)ccc2C)nnc1SCC(=O)Nc1cc(Cl)ccc1OC. The molecule has 0 spiro atoms. The highest BCUT2D eigenvalue weighted by molar-refractivity contribution is 7.99. The van der Waals surface area contributed by atoms with Crippen molar-refractivity contribution in [1.82, 2.24) is 14.8 Å². The maximum atomic E-state index is 12.5. The average molecular weight is 473 g/mol. The van der Waals surface area contributed by atoms with Gasteiger partial charge in [-0.3, -0.25) is 9.36 Å². The average Bonchev–Trinajstić information content (AvgIpc) is 3.15. The number of anilines is 1. The number of aryl methyl sites for hydroxylation is 2. The van der Waals surface area contributed by atoms with Crippen LogP contribution in [-0.2, 0) is 17.9 Å². The van der Waals surface area contributed by atoms with Gasteiger partial charge in [-0.25, -0.2) is 0 Å². The van der Waals surface area contributed by atoms with Crippen molar-refractivity contribution in [3.05, 3.63) is 71.0 Å². The molecule has 32 heavy (non-hydrogen) atoms. The van der Waals surface area contributed by atoms with Crippen LogP contribution < -0.4 is 14.8 Å². The standard InChI is InChI=1S/C23H25ClN4O3S/c1-5-10-28-21(13-31-20-11-15(2)6-7-16(20)3)26-27-23(28)32-14-22(29)25-18-12-17(24)8-9-19(18)30-4/h5-9,11-12H,1,10,13-14H2,2-4H3,(H,25,29). The van der Waals surface area contributed by atoms with E-state index < -0.39 is 0 Å². The first-order chi connectivity index (χ1) is 15.4. The number of rotatable bonds is 10. The van der Waals surface area contributed by atoms with E-state index >= 15 is 0 Å². The van der Waals surface area contributed by atoms with Crippen molar-refractivity contribution < 1.29 is 14.3 Å². The third kappa shape index (κ3) is 6.05. The van der Waals surface area contributed by atoms with Crippen LogP contribution in [0.2, 0.25) is 5.02 Å². The van der Waals surface area contributed by atoms with E-state index in [1.165, 1.54) is 18.9 Å². The molecule has 1 N–H and O–H groups in total. The number of carbonyl (C=O) groups is 1. The van der Waals surface area contributed by atoms with E-state index in [-0.39, 0.29) is 18.3 Å². The highest BCUT2D eigenvalue weighted by atomic mass is 35.5. The number of methoxy groups -OCH3 is 1. The van der Waals surface area contributed by atoms with E-state index in [1.54, 1.807) is 24.3 Å². The molecule has 0 fully saturated rings. The monoisotopic (exact) mass is 472 g/mol. The van der Waals surface area contributed by atoms with Gasteiger partial charge in [-0.2, -0.15) is 0 Å². The molecule has 0 atom stereocenters. The van der Waals surface area contributed by atoms with Crippen molar-refractivity contribution in [2.24, 2.45) is 0 Å². The summed E-state index contributed by atoms with van der Waals surface area (Å²) in [5.74, 6) is 1.93. The second kappa shape index (κ2) is 11.1. The van der Waals surface area contributed by atoms with Crippen LogP contribution in [0, 0.1) is 13.8 Å². The predicted octanol–water partition coefficient (Wildman–Crippen LogP) is 5.05. The zero-order chi connectivity index (χ0) is 23.1. The van der Waals surface area contributed by atoms with Crippen LogP contribution in [-0.4, -0.2) is 33.5 Å². The van der Waals surface area contributed by atoms with Crippen LogP contribution in [0.25, 0.3) is 0 Å². The lowest BCUT2D eigenvalue weighted by Crippen LogP contribution is -2.15. The quantitative estimate of drug-likeness (QED) is 0.328. The second-order valence-electron chi connectivity index (χ2n) is 7.04. The topological polar surface area (TPSA) is 78.3 Å². The molecular weight excluding hydrogens is 448 g/mol. The number of halogens is 1. The minimum Gasteiger partial charge on any atom is -0.495 e. The molecule has 0 saturated heterocycles. The van der Waals surface area contributed by atoms with Gasteiger partial charge in [-0.1, -0.05) is 41.6 Å². The van der Waals surface area contributed by atoms with E-state index in [0.717, 1.165) is 16.9 Å². The highest BCUT2D eigenvalue weighted by Gasteiger charge is 2.15. The smallest absolute Gasteiger partial charge is 0.234 e. The molecule has 1 amide bonds. The Bertz CT molecular complexity index is 1120. The lowest BCUT2D eigenvalue weighted by atomic mass is 10.1. The Labute approximate surface area is 196 Å². The zero-order valence-electron chi connectivity index (χ0n) is 18.2. The first kappa shape index (κ1) is 23.7. The number of carbonyl (C=O) groups excluding carboxylic acids is 1. The van der Waals surface area contributed by atoms with Crippen LogP contribution in [0.1, 0.15) is 17.0 Å². The molecule has 0 aliphatic heterocycles. The third-order valence-electron chi connectivity index (χ3n) is 4.57. The molecule has 0 radical (unpaired) electrons. The molecule has 1 heterocycles. The Kier molecular flexibility index (Phi) is 8.19. The van der Waals surface area contributed by atoms with Gasteiger partial charge >= 0.3 is 0 Å². The third-order valence-corrected chi connectivity index (χ3v) is 5.78. The van der Waals surface area contributed by atoms with Gasteiger partial charge in [0.25, 0.3) is 0 Å². The number of hydrogen-bond acceptors (Lipinski definition) is 6. The molecule has 168 valence electrons. The van der Waals surface area contributed by atoms with Crippen molar-refractivity contribution in [2.45, 2.75) is 32.2 Å². The summed E-state index contributed by atoms with van der Waals surface area (Å²) < 4.78 is 13.1. The van der Waals surface area contributed by atoms with Gasteiger partial charge in [-0.15, -0.1) is 16.8 Å². The molecule has 0 saturated carbocycles. The first-order valence-electron chi connectivity index (χ1n) is 9.90. The Hall–Kier alpha value is -2.97. The minimum absolute atomic E-state index is 0.142. The number of benzene rings is 2. The molecule has 0 bridgehead atoms. The molecular formula is C23H25ClN4O3S. The molecule has 0 aliphatic rings. The van der Waals surface area contributed by atoms with Crippen molar-refractivity contribution in [3.63, 3.8) is 0 Å². The van der Waals surface area contributed by atoms with E-state index in [1.807, 2.05) is 36.6 Å². The fourth-order valence-corrected chi connectivity index (χ4v) is 3.88. The summed E-state index contributed by atoms with van der Waals surface area (Å²) in [6.45, 7) is 8.59. The van der Waals surface area contributed by atoms with Crippen LogP contribution in [0.3, 0.4) is 0 Å². The van der Waals surface area contributed by atoms with Crippen LogP contribution >= 0.6 is 23.4 Å². The van der Waals surface area contributed by atoms with Crippen molar-refractivity contribution in [3.8, 4) is 11.5 Å². The van der Waals surface area contributed by atoms with Gasteiger partial charge in [-0.05, 0) is 49.2 Å². The van der Waals surface area contributed by atoms with E-state index in [0.29, 0.717) is 34.0 Å². The number of thioether (sulfide) groups is 1. The lowest BCUT2D eigenvalue weighted by molar-refractivity contribution is -0.113. The van der Waals surface area contributed by atoms with Gasteiger partial charge in [0, 0.05) is 11.6 Å². The Balaban J connectivity index is 1.66. The molecule has 9 heteroatoms. The Morgan fingerprint density at radius 3 is 2.78 bits per heavy atom. The molecule has 3 aromatic rings. The van der Waals surface area contributed by atoms with Crippen molar-refractivity contribution in [2.75, 3.05) is 18.2 Å². The van der Waals surface area contributed by atoms with Crippen LogP contribution in [0.15, 0.2) is 54.2 Å². The summed E-state index contributed by atoms with van der Waals surface area (Å²) in [6.07, 6.45) is 1.76. The maximum Gasteiger partial charge on any atom is 0.234 e. The molecule has 1 aromatic heterocycles. The van der Waals surface area contributed by atoms with Gasteiger partial charge in [0.2, 0.25) is 5.91 Å². The lowest BCUT2D eigenvalue weighted by Gasteiger charge is -2.12. The first-order valence-corrected chi connectivity index (χ1v) is 11.3. The molecule has 0 aliphatic carbocycles. The number of ether oxygens (including phenoxy) is 2. The molecule has 3 rings (SSSR count). The summed E-state index contributed by atoms with van der Waals surface area (Å²) in [4.78, 5) is 12.5. The van der Waals surface area contributed by atoms with Gasteiger partial charge in [0.15, 0.2) is 11.0 Å². The Morgan fingerprint density at radius 2 is 2.03 bits per heavy atom. The normalized spacial score (nSPS) is 10.6. The van der Waals surface area contributed by atoms with Gasteiger partial charge in [0.05, 0.1) is 18.6 Å². The maximum absolute atomic E-state index is 12.5. The number of nitrogens with zero attached hydrogens (tertiary/aromatic N) is 3. The highest BCUT2D eigenvalue weighted by Crippen LogP contribution is 2.28. The summed E-state index contributed by atoms with van der Waals surface area (Å²) in [5.41, 5.74) is 2.69. The minimum atomic E-state index is -0.211. The van der Waals surface area contributed by atoms with Gasteiger partial charge < -0.3 is 14.8 Å². The summed E-state index contributed by atoms with van der Waals surface area (Å²) >= 11 is 7.31. The number of aromatic nitrogens is 3. The number of hydrogen-bond donors (Lipinski definition) is 1. The Morgan fingerprint density at radius 1 is 1.22 bits per heavy atom. The largest absolute Gasteiger partial charge is 0.495 e. The summed E-state index contributed by atoms with van der Waals surface area (Å²) in [5, 5.41) is 12.4. The van der Waals surface area contributed by atoms with Crippen molar-refractivity contribution in [1.29, 1.82) is 0 Å².